The third-order valence-electron chi connectivity index (χ3n) is 1.58. The van der Waals surface area contributed by atoms with Crippen LogP contribution in [0.2, 0.25) is 0 Å². The molecule has 1 aliphatic heterocycles. The van der Waals surface area contributed by atoms with Gasteiger partial charge >= 0.3 is 0 Å². The molecule has 1 atom stereocenters. The highest BCUT2D eigenvalue weighted by molar-refractivity contribution is 8.00. The summed E-state index contributed by atoms with van der Waals surface area (Å²) in [7, 11) is 1.65. The number of nitrogens with zero attached hydrogens (tertiary/aromatic N) is 1. The number of rotatable bonds is 3. The van der Waals surface area contributed by atoms with Gasteiger partial charge in [-0.3, -0.25) is 0 Å². The second-order valence-electron chi connectivity index (χ2n) is 2.68. The molecule has 0 aromatic rings. The Morgan fingerprint density at radius 2 is 2.38 bits per heavy atom. The number of hydrogen-bond donors (Lipinski definition) is 0. The molecule has 0 fully saturated rings. The topological polar surface area (TPSA) is 21.6 Å². The number of thioether (sulfide) groups is 1. The molecule has 1 rings (SSSR count). The fourth-order valence-electron chi connectivity index (χ4n) is 0.961. The zero-order valence-electron chi connectivity index (χ0n) is 8.06. The van der Waals surface area contributed by atoms with E-state index in [1.807, 2.05) is 30.0 Å². The van der Waals surface area contributed by atoms with Crippen LogP contribution in [0.3, 0.4) is 0 Å². The highest BCUT2D eigenvalue weighted by Gasteiger charge is 2.05. The van der Waals surface area contributed by atoms with E-state index in [0.717, 1.165) is 5.75 Å². The van der Waals surface area contributed by atoms with Crippen molar-refractivity contribution in [3.8, 4) is 0 Å². The molecule has 13 heavy (non-hydrogen) atoms. The molecule has 0 bridgehead atoms. The Hall–Kier alpha value is -0.700. The van der Waals surface area contributed by atoms with Crippen LogP contribution in [0.5, 0.6) is 0 Å². The largest absolute Gasteiger partial charge is 0.481 e. The minimum Gasteiger partial charge on any atom is -0.481 e. The molecular formula is C10H15NOS. The van der Waals surface area contributed by atoms with Crippen molar-refractivity contribution < 1.29 is 4.74 Å². The zero-order valence-corrected chi connectivity index (χ0v) is 8.88. The lowest BCUT2D eigenvalue weighted by Crippen LogP contribution is -2.02. The van der Waals surface area contributed by atoms with Crippen LogP contribution in [0.1, 0.15) is 13.3 Å². The molecule has 1 heterocycles. The molecule has 1 aliphatic rings. The number of aliphatic imine (C=N–C) groups is 1. The Labute approximate surface area is 83.8 Å². The van der Waals surface area contributed by atoms with Crippen LogP contribution in [0.15, 0.2) is 29.3 Å². The van der Waals surface area contributed by atoms with Gasteiger partial charge in [0.1, 0.15) is 5.37 Å². The third-order valence-corrected chi connectivity index (χ3v) is 2.83. The van der Waals surface area contributed by atoms with Crippen LogP contribution < -0.4 is 0 Å². The summed E-state index contributed by atoms with van der Waals surface area (Å²) in [5.41, 5.74) is 0. The van der Waals surface area contributed by atoms with Crippen molar-refractivity contribution in [3.63, 3.8) is 0 Å². The van der Waals surface area contributed by atoms with Crippen molar-refractivity contribution in [1.29, 1.82) is 0 Å². The summed E-state index contributed by atoms with van der Waals surface area (Å²) in [6, 6.07) is 0. The first kappa shape index (κ1) is 10.4. The Balaban J connectivity index is 2.54. The molecule has 0 spiro atoms. The summed E-state index contributed by atoms with van der Waals surface area (Å²) in [6.45, 7) is 2.17. The molecule has 0 saturated carbocycles. The van der Waals surface area contributed by atoms with Gasteiger partial charge in [-0.25, -0.2) is 4.99 Å². The first-order valence-corrected chi connectivity index (χ1v) is 5.50. The summed E-state index contributed by atoms with van der Waals surface area (Å²) < 4.78 is 5.09. The summed E-state index contributed by atoms with van der Waals surface area (Å²) in [6.07, 6.45) is 9.11. The lowest BCUT2D eigenvalue weighted by molar-refractivity contribution is 0.405. The van der Waals surface area contributed by atoms with Crippen LogP contribution in [-0.4, -0.2) is 24.1 Å². The summed E-state index contributed by atoms with van der Waals surface area (Å²) in [5, 5.41) is 0.213. The minimum atomic E-state index is 0.213. The monoisotopic (exact) mass is 197 g/mol. The van der Waals surface area contributed by atoms with Gasteiger partial charge in [-0.2, -0.15) is 0 Å². The van der Waals surface area contributed by atoms with E-state index in [-0.39, 0.29) is 5.37 Å². The Bertz CT molecular complexity index is 233. The van der Waals surface area contributed by atoms with E-state index in [0.29, 0.717) is 5.90 Å². The fraction of sp³-hybridized carbons (Fsp3) is 0.500. The van der Waals surface area contributed by atoms with E-state index >= 15 is 0 Å². The van der Waals surface area contributed by atoms with Crippen LogP contribution in [-0.2, 0) is 4.74 Å². The molecule has 0 saturated heterocycles. The zero-order chi connectivity index (χ0) is 9.52. The van der Waals surface area contributed by atoms with Gasteiger partial charge in [-0.1, -0.05) is 19.1 Å². The fourth-order valence-corrected chi connectivity index (χ4v) is 1.82. The summed E-state index contributed by atoms with van der Waals surface area (Å²) in [4.78, 5) is 4.42. The van der Waals surface area contributed by atoms with Crippen LogP contribution in [0, 0.1) is 0 Å². The molecule has 0 aromatic carbocycles. The van der Waals surface area contributed by atoms with Crippen LogP contribution in [0.4, 0.5) is 0 Å². The smallest absolute Gasteiger partial charge is 0.209 e. The van der Waals surface area contributed by atoms with Gasteiger partial charge in [0.2, 0.25) is 5.90 Å². The molecule has 72 valence electrons. The van der Waals surface area contributed by atoms with Gasteiger partial charge in [0.15, 0.2) is 0 Å². The molecule has 0 aliphatic carbocycles. The van der Waals surface area contributed by atoms with Crippen LogP contribution >= 0.6 is 11.8 Å². The Morgan fingerprint density at radius 1 is 1.54 bits per heavy atom. The maximum atomic E-state index is 5.09. The van der Waals surface area contributed by atoms with Gasteiger partial charge < -0.3 is 4.74 Å². The van der Waals surface area contributed by atoms with Crippen molar-refractivity contribution in [2.24, 2.45) is 4.99 Å². The van der Waals surface area contributed by atoms with E-state index in [1.54, 1.807) is 7.11 Å². The molecule has 2 nitrogen and oxygen atoms in total. The summed E-state index contributed by atoms with van der Waals surface area (Å²) in [5.74, 6) is 1.84. The van der Waals surface area contributed by atoms with E-state index in [2.05, 4.69) is 18.0 Å². The highest BCUT2D eigenvalue weighted by Crippen LogP contribution is 2.17. The number of ether oxygens (including phenoxy) is 1. The van der Waals surface area contributed by atoms with Crippen molar-refractivity contribution in [1.82, 2.24) is 0 Å². The number of hydrogen-bond acceptors (Lipinski definition) is 3. The minimum absolute atomic E-state index is 0.213. The molecule has 3 heteroatoms. The lowest BCUT2D eigenvalue weighted by atomic mass is 10.4. The van der Waals surface area contributed by atoms with Gasteiger partial charge in [0, 0.05) is 0 Å². The van der Waals surface area contributed by atoms with Gasteiger partial charge in [0.25, 0.3) is 0 Å². The molecule has 0 radical (unpaired) electrons. The maximum Gasteiger partial charge on any atom is 0.209 e. The molecule has 0 aromatic heterocycles. The van der Waals surface area contributed by atoms with Crippen molar-refractivity contribution in [2.45, 2.75) is 18.7 Å². The highest BCUT2D eigenvalue weighted by atomic mass is 32.2. The SMILES string of the molecule is CCCSC1C=CC=CC(OC)=N1. The average Bonchev–Trinajstić information content (AvgIpc) is 2.39. The average molecular weight is 197 g/mol. The van der Waals surface area contributed by atoms with E-state index in [1.165, 1.54) is 6.42 Å². The maximum absolute atomic E-state index is 5.09. The van der Waals surface area contributed by atoms with E-state index < -0.39 is 0 Å². The number of methoxy groups -OCH3 is 1. The van der Waals surface area contributed by atoms with Crippen molar-refractivity contribution in [3.05, 3.63) is 24.3 Å². The second-order valence-corrected chi connectivity index (χ2v) is 3.90. The molecular weight excluding hydrogens is 182 g/mol. The Morgan fingerprint density at radius 3 is 3.08 bits per heavy atom. The van der Waals surface area contributed by atoms with Gasteiger partial charge in [-0.05, 0) is 24.3 Å². The standard InChI is InChI=1S/C10H15NOS/c1-3-8-13-10-7-5-4-6-9(11-10)12-2/h4-7,10H,3,8H2,1-2H3. The predicted molar refractivity (Wildman–Crippen MR) is 59.3 cm³/mol. The quantitative estimate of drug-likeness (QED) is 0.693. The second kappa shape index (κ2) is 5.86. The first-order chi connectivity index (χ1) is 6.36. The van der Waals surface area contributed by atoms with E-state index in [9.17, 15) is 0 Å². The molecule has 0 N–H and O–H groups in total. The lowest BCUT2D eigenvalue weighted by Gasteiger charge is -2.06. The van der Waals surface area contributed by atoms with Crippen LogP contribution in [0.25, 0.3) is 0 Å². The van der Waals surface area contributed by atoms with Crippen molar-refractivity contribution in [2.75, 3.05) is 12.9 Å². The normalized spacial score (nSPS) is 21.1. The molecule has 1 unspecified atom stereocenters. The first-order valence-electron chi connectivity index (χ1n) is 4.45. The van der Waals surface area contributed by atoms with Gasteiger partial charge in [0.05, 0.1) is 7.11 Å². The third kappa shape index (κ3) is 3.68. The molecule has 0 amide bonds. The number of allylic oxidation sites excluding steroid dienone is 2. The predicted octanol–water partition coefficient (Wildman–Crippen LogP) is 2.63. The van der Waals surface area contributed by atoms with Crippen molar-refractivity contribution >= 4 is 17.7 Å². The summed E-state index contributed by atoms with van der Waals surface area (Å²) >= 11 is 1.84. The van der Waals surface area contributed by atoms with Gasteiger partial charge in [-0.15, -0.1) is 11.8 Å². The van der Waals surface area contributed by atoms with E-state index in [4.69, 9.17) is 4.74 Å². The Kier molecular flexibility index (Phi) is 4.68.